The zero-order valence-electron chi connectivity index (χ0n) is 10.6. The fourth-order valence-corrected chi connectivity index (χ4v) is 2.43. The molecule has 1 unspecified atom stereocenters. The first kappa shape index (κ1) is 13.5. The largest absolute Gasteiger partial charge is 0.389 e. The van der Waals surface area contributed by atoms with Crippen molar-refractivity contribution in [1.82, 2.24) is 5.32 Å². The summed E-state index contributed by atoms with van der Waals surface area (Å²) in [6, 6.07) is 0.105. The number of rotatable bonds is 5. The molecular formula is C14H25NO. The second kappa shape index (κ2) is 6.27. The van der Waals surface area contributed by atoms with Gasteiger partial charge >= 0.3 is 0 Å². The Morgan fingerprint density at radius 1 is 1.44 bits per heavy atom. The van der Waals surface area contributed by atoms with E-state index in [1.165, 1.54) is 6.42 Å². The predicted molar refractivity (Wildman–Crippen MR) is 68.1 cm³/mol. The quantitative estimate of drug-likeness (QED) is 0.701. The summed E-state index contributed by atoms with van der Waals surface area (Å²) in [5, 5.41) is 13.7. The summed E-state index contributed by atoms with van der Waals surface area (Å²) in [5.74, 6) is 3.52. The normalized spacial score (nSPS) is 32.0. The number of terminal acetylenes is 1. The molecule has 0 spiro atoms. The van der Waals surface area contributed by atoms with Crippen molar-refractivity contribution in [2.24, 2.45) is 5.92 Å². The fourth-order valence-electron chi connectivity index (χ4n) is 2.43. The molecule has 0 bridgehead atoms. The monoisotopic (exact) mass is 223 g/mol. The van der Waals surface area contributed by atoms with Gasteiger partial charge in [-0.3, -0.25) is 0 Å². The van der Waals surface area contributed by atoms with Gasteiger partial charge < -0.3 is 10.4 Å². The lowest BCUT2D eigenvalue weighted by molar-refractivity contribution is -0.00957. The number of hydrogen-bond acceptors (Lipinski definition) is 2. The van der Waals surface area contributed by atoms with E-state index in [-0.39, 0.29) is 6.04 Å². The van der Waals surface area contributed by atoms with E-state index < -0.39 is 5.60 Å². The SMILES string of the molecule is C#CC(CC)NCC1(O)CCC(CC)CC1. The van der Waals surface area contributed by atoms with Crippen LogP contribution in [-0.2, 0) is 0 Å². The molecule has 16 heavy (non-hydrogen) atoms. The Bertz CT molecular complexity index is 236. The van der Waals surface area contributed by atoms with Crippen molar-refractivity contribution in [2.75, 3.05) is 6.54 Å². The molecule has 92 valence electrons. The molecular weight excluding hydrogens is 198 g/mol. The number of hydrogen-bond donors (Lipinski definition) is 2. The van der Waals surface area contributed by atoms with E-state index in [9.17, 15) is 5.11 Å². The highest BCUT2D eigenvalue weighted by Crippen LogP contribution is 2.33. The Morgan fingerprint density at radius 3 is 2.50 bits per heavy atom. The molecule has 0 heterocycles. The summed E-state index contributed by atoms with van der Waals surface area (Å²) in [6.07, 6.45) is 11.7. The van der Waals surface area contributed by atoms with Crippen LogP contribution in [-0.4, -0.2) is 23.3 Å². The van der Waals surface area contributed by atoms with Crippen LogP contribution in [0.5, 0.6) is 0 Å². The Labute approximate surface area is 99.8 Å². The minimum absolute atomic E-state index is 0.105. The molecule has 0 amide bonds. The molecule has 1 rings (SSSR count). The van der Waals surface area contributed by atoms with Gasteiger partial charge in [-0.05, 0) is 38.0 Å². The van der Waals surface area contributed by atoms with E-state index in [0.29, 0.717) is 6.54 Å². The smallest absolute Gasteiger partial charge is 0.0772 e. The second-order valence-corrected chi connectivity index (χ2v) is 5.08. The molecule has 0 aliphatic heterocycles. The topological polar surface area (TPSA) is 32.3 Å². The van der Waals surface area contributed by atoms with Crippen LogP contribution < -0.4 is 5.32 Å². The molecule has 1 fully saturated rings. The Balaban J connectivity index is 2.34. The lowest BCUT2D eigenvalue weighted by Gasteiger charge is -2.36. The first-order valence-electron chi connectivity index (χ1n) is 6.55. The van der Waals surface area contributed by atoms with Crippen molar-refractivity contribution in [3.8, 4) is 12.3 Å². The first-order valence-corrected chi connectivity index (χ1v) is 6.55. The van der Waals surface area contributed by atoms with Crippen LogP contribution in [0.1, 0.15) is 52.4 Å². The lowest BCUT2D eigenvalue weighted by Crippen LogP contribution is -2.46. The molecule has 2 nitrogen and oxygen atoms in total. The third-order valence-electron chi connectivity index (χ3n) is 3.90. The molecule has 2 heteroatoms. The summed E-state index contributed by atoms with van der Waals surface area (Å²) in [4.78, 5) is 0. The molecule has 1 aliphatic rings. The second-order valence-electron chi connectivity index (χ2n) is 5.08. The molecule has 0 aromatic rings. The van der Waals surface area contributed by atoms with Gasteiger partial charge in [0.15, 0.2) is 0 Å². The molecule has 1 saturated carbocycles. The Hall–Kier alpha value is -0.520. The van der Waals surface area contributed by atoms with Gasteiger partial charge in [0.1, 0.15) is 0 Å². The van der Waals surface area contributed by atoms with E-state index in [4.69, 9.17) is 6.42 Å². The molecule has 2 N–H and O–H groups in total. The van der Waals surface area contributed by atoms with E-state index in [1.807, 2.05) is 0 Å². The third kappa shape index (κ3) is 3.81. The number of aliphatic hydroxyl groups is 1. The maximum Gasteiger partial charge on any atom is 0.0772 e. The van der Waals surface area contributed by atoms with Crippen molar-refractivity contribution >= 4 is 0 Å². The van der Waals surface area contributed by atoms with Gasteiger partial charge in [-0.15, -0.1) is 6.42 Å². The minimum Gasteiger partial charge on any atom is -0.389 e. The van der Waals surface area contributed by atoms with Crippen molar-refractivity contribution in [3.05, 3.63) is 0 Å². The van der Waals surface area contributed by atoms with Crippen molar-refractivity contribution in [1.29, 1.82) is 0 Å². The number of nitrogens with one attached hydrogen (secondary N) is 1. The van der Waals surface area contributed by atoms with Crippen LogP contribution in [0.2, 0.25) is 0 Å². The van der Waals surface area contributed by atoms with E-state index in [2.05, 4.69) is 25.1 Å². The Morgan fingerprint density at radius 2 is 2.06 bits per heavy atom. The van der Waals surface area contributed by atoms with Crippen molar-refractivity contribution in [3.63, 3.8) is 0 Å². The van der Waals surface area contributed by atoms with Crippen LogP contribution in [0.4, 0.5) is 0 Å². The van der Waals surface area contributed by atoms with E-state index in [1.54, 1.807) is 0 Å². The molecule has 1 atom stereocenters. The van der Waals surface area contributed by atoms with Crippen LogP contribution in [0.25, 0.3) is 0 Å². The highest BCUT2D eigenvalue weighted by atomic mass is 16.3. The van der Waals surface area contributed by atoms with Crippen LogP contribution in [0, 0.1) is 18.3 Å². The maximum absolute atomic E-state index is 10.4. The average Bonchev–Trinajstić information content (AvgIpc) is 2.31. The van der Waals surface area contributed by atoms with Gasteiger partial charge in [-0.25, -0.2) is 0 Å². The third-order valence-corrected chi connectivity index (χ3v) is 3.90. The van der Waals surface area contributed by atoms with Gasteiger partial charge in [0.05, 0.1) is 11.6 Å². The zero-order valence-corrected chi connectivity index (χ0v) is 10.6. The molecule has 0 aromatic carbocycles. The van der Waals surface area contributed by atoms with Gasteiger partial charge in [0.2, 0.25) is 0 Å². The van der Waals surface area contributed by atoms with E-state index >= 15 is 0 Å². The summed E-state index contributed by atoms with van der Waals surface area (Å²) in [6.45, 7) is 4.94. The predicted octanol–water partition coefficient (Wildman–Crippen LogP) is 2.32. The average molecular weight is 223 g/mol. The standard InChI is InChI=1S/C14H25NO/c1-4-12-7-9-14(16,10-8-12)11-15-13(5-2)6-3/h2,12-13,15-16H,4,6-11H2,1,3H3. The first-order chi connectivity index (χ1) is 7.63. The molecule has 1 aliphatic carbocycles. The summed E-state index contributed by atoms with van der Waals surface area (Å²) < 4.78 is 0. The van der Waals surface area contributed by atoms with Gasteiger partial charge in [-0.1, -0.05) is 26.2 Å². The highest BCUT2D eigenvalue weighted by molar-refractivity contribution is 4.99. The van der Waals surface area contributed by atoms with Crippen molar-refractivity contribution < 1.29 is 5.11 Å². The Kier molecular flexibility index (Phi) is 5.31. The zero-order chi connectivity index (χ0) is 12.0. The minimum atomic E-state index is -0.518. The van der Waals surface area contributed by atoms with Crippen LogP contribution in [0.3, 0.4) is 0 Å². The lowest BCUT2D eigenvalue weighted by atomic mass is 9.78. The van der Waals surface area contributed by atoms with Crippen LogP contribution >= 0.6 is 0 Å². The fraction of sp³-hybridized carbons (Fsp3) is 0.857. The summed E-state index contributed by atoms with van der Waals surface area (Å²) in [7, 11) is 0. The van der Waals surface area contributed by atoms with Gasteiger partial charge in [-0.2, -0.15) is 0 Å². The van der Waals surface area contributed by atoms with Gasteiger partial charge in [0, 0.05) is 6.54 Å². The maximum atomic E-state index is 10.4. The summed E-state index contributed by atoms with van der Waals surface area (Å²) >= 11 is 0. The van der Waals surface area contributed by atoms with Crippen LogP contribution in [0.15, 0.2) is 0 Å². The molecule has 0 aromatic heterocycles. The molecule has 0 radical (unpaired) electrons. The van der Waals surface area contributed by atoms with Gasteiger partial charge in [0.25, 0.3) is 0 Å². The van der Waals surface area contributed by atoms with E-state index in [0.717, 1.165) is 38.0 Å². The highest BCUT2D eigenvalue weighted by Gasteiger charge is 2.32. The summed E-state index contributed by atoms with van der Waals surface area (Å²) in [5.41, 5.74) is -0.518. The molecule has 0 saturated heterocycles. The van der Waals surface area contributed by atoms with Crippen molar-refractivity contribution in [2.45, 2.75) is 64.0 Å².